The van der Waals surface area contributed by atoms with Crippen LogP contribution in [0, 0.1) is 0 Å². The molecule has 0 atom stereocenters. The van der Waals surface area contributed by atoms with Crippen LogP contribution < -0.4 is 0 Å². The third-order valence-electron chi connectivity index (χ3n) is 0.746. The second-order valence-electron chi connectivity index (χ2n) is 1.87. The van der Waals surface area contributed by atoms with E-state index in [1.807, 2.05) is 33.9 Å². The molecule has 18 heteroatoms. The normalized spacial score (nSPS) is 10.0. The average Bonchev–Trinajstić information content (AvgIpc) is 2.54. The third kappa shape index (κ3) is 18.7. The van der Waals surface area contributed by atoms with Crippen molar-refractivity contribution >= 4 is 49.0 Å². The van der Waals surface area contributed by atoms with E-state index in [2.05, 4.69) is 0 Å². The van der Waals surface area contributed by atoms with Crippen LogP contribution in [0.15, 0.2) is 0 Å². The van der Waals surface area contributed by atoms with E-state index >= 15 is 0 Å². The molecule has 0 aliphatic heterocycles. The van der Waals surface area contributed by atoms with E-state index in [-0.39, 0.29) is 0 Å². The average molecular weight is 600 g/mol. The van der Waals surface area contributed by atoms with Gasteiger partial charge in [0.1, 0.15) is 33.9 Å². The SMILES string of the molecule is C=O.C=O.C=O.C=O.C=O.O=[S](=O)([W][S](=O)(=O)C(F)(F)F)C(F)(F)F. The molecule has 0 spiro atoms. The van der Waals surface area contributed by atoms with Gasteiger partial charge in [0.25, 0.3) is 0 Å². The van der Waals surface area contributed by atoms with Crippen LogP contribution in [-0.2, 0) is 55.1 Å². The first-order valence-corrected chi connectivity index (χ1v) is 14.0. The van der Waals surface area contributed by atoms with Crippen molar-refractivity contribution in [1.29, 1.82) is 0 Å². The van der Waals surface area contributed by atoms with Gasteiger partial charge in [-0.05, 0) is 0 Å². The number of carbonyl (C=O) groups is 5. The van der Waals surface area contributed by atoms with E-state index in [0.29, 0.717) is 0 Å². The van der Waals surface area contributed by atoms with Crippen LogP contribution in [0.25, 0.3) is 0 Å². The Morgan fingerprint density at radius 3 is 0.680 bits per heavy atom. The topological polar surface area (TPSA) is 154 Å². The number of hydrogen-bond acceptors (Lipinski definition) is 9. The molecule has 0 bridgehead atoms. The molecule has 25 heavy (non-hydrogen) atoms. The molecule has 0 aromatic carbocycles. The van der Waals surface area contributed by atoms with Crippen molar-refractivity contribution in [1.82, 2.24) is 0 Å². The summed E-state index contributed by atoms with van der Waals surface area (Å²) < 4.78 is 110. The number of carbonyl (C=O) groups excluding carboxylic acids is 5. The molecule has 0 radical (unpaired) electrons. The molecule has 0 N–H and O–H groups in total. The minimum absolute atomic E-state index is 2.00. The summed E-state index contributed by atoms with van der Waals surface area (Å²) in [5.41, 5.74) is -11.9. The standard InChI is InChI=1S/2CF3O2S.5CH2O.W/c2*2-1(3,4)7(5)6;5*1-2;/h;;5*1H2;. The molecule has 0 saturated heterocycles. The first-order valence-electron chi connectivity index (χ1n) is 3.99. The molecule has 0 rings (SSSR count). The van der Waals surface area contributed by atoms with Crippen molar-refractivity contribution in [3.05, 3.63) is 0 Å². The van der Waals surface area contributed by atoms with Gasteiger partial charge in [-0.1, -0.05) is 0 Å². The van der Waals surface area contributed by atoms with E-state index in [0.717, 1.165) is 0 Å². The first-order chi connectivity index (χ1) is 11.2. The van der Waals surface area contributed by atoms with Crippen LogP contribution in [0.4, 0.5) is 26.3 Å². The molecule has 0 aromatic heterocycles. The summed E-state index contributed by atoms with van der Waals surface area (Å²) in [6, 6.07) is 0. The summed E-state index contributed by atoms with van der Waals surface area (Å²) in [6.07, 6.45) is 0. The van der Waals surface area contributed by atoms with Crippen molar-refractivity contribution in [2.24, 2.45) is 0 Å². The summed E-state index contributed by atoms with van der Waals surface area (Å²) in [5.74, 6) is 0. The van der Waals surface area contributed by atoms with Gasteiger partial charge in [-0.25, -0.2) is 0 Å². The molecular formula is C7H10F6O9S2W. The maximum atomic E-state index is 11.6. The Bertz CT molecular complexity index is 462. The molecule has 0 aromatic rings. The maximum absolute atomic E-state index is 11.6. The van der Waals surface area contributed by atoms with Crippen molar-refractivity contribution in [3.8, 4) is 0 Å². The number of rotatable bonds is 2. The zero-order chi connectivity index (χ0) is 22.7. The van der Waals surface area contributed by atoms with E-state index in [9.17, 15) is 43.2 Å². The summed E-state index contributed by atoms with van der Waals surface area (Å²) >= 11 is -4.73. The second kappa shape index (κ2) is 18.9. The summed E-state index contributed by atoms with van der Waals surface area (Å²) in [4.78, 5) is 40.0. The summed E-state index contributed by atoms with van der Waals surface area (Å²) in [6.45, 7) is 10.0. The zero-order valence-corrected chi connectivity index (χ0v) is 16.3. The van der Waals surface area contributed by atoms with Gasteiger partial charge in [-0.2, -0.15) is 0 Å². The zero-order valence-electron chi connectivity index (χ0n) is 11.7. The minimum atomic E-state index is -6.18. The van der Waals surface area contributed by atoms with Gasteiger partial charge in [0.2, 0.25) is 0 Å². The van der Waals surface area contributed by atoms with Crippen molar-refractivity contribution in [2.75, 3.05) is 0 Å². The number of alkyl halides is 6. The summed E-state index contributed by atoms with van der Waals surface area (Å²) in [5, 5.41) is 0. The van der Waals surface area contributed by atoms with Crippen molar-refractivity contribution in [2.45, 2.75) is 11.0 Å². The Hall–Kier alpha value is -1.48. The molecule has 0 aliphatic carbocycles. The van der Waals surface area contributed by atoms with E-state index in [4.69, 9.17) is 24.0 Å². The Morgan fingerprint density at radius 2 is 0.600 bits per heavy atom. The van der Waals surface area contributed by atoms with Gasteiger partial charge in [-0.15, -0.1) is 0 Å². The fraction of sp³-hybridized carbons (Fsp3) is 0.286. The molecule has 0 fully saturated rings. The molecule has 0 saturated carbocycles. The molecule has 9 nitrogen and oxygen atoms in total. The predicted molar refractivity (Wildman–Crippen MR) is 65.6 cm³/mol. The molecule has 0 amide bonds. The van der Waals surface area contributed by atoms with Crippen LogP contribution in [0.5, 0.6) is 0 Å². The Labute approximate surface area is 143 Å². The third-order valence-corrected chi connectivity index (χ3v) is 19.0. The van der Waals surface area contributed by atoms with Gasteiger partial charge >= 0.3 is 85.3 Å². The predicted octanol–water partition coefficient (Wildman–Crippen LogP) is -0.156. The van der Waals surface area contributed by atoms with Crippen LogP contribution in [-0.4, -0.2) is 61.8 Å². The molecule has 0 aliphatic rings. The summed E-state index contributed by atoms with van der Waals surface area (Å²) in [7, 11) is -12.4. The van der Waals surface area contributed by atoms with Crippen molar-refractivity contribution < 1.29 is 83.2 Å². The molecular weight excluding hydrogens is 590 g/mol. The fourth-order valence-electron chi connectivity index (χ4n) is 0.195. The van der Waals surface area contributed by atoms with Gasteiger partial charge in [0.15, 0.2) is 0 Å². The molecule has 0 heterocycles. The second-order valence-corrected chi connectivity index (χ2v) is 19.0. The molecule has 152 valence electrons. The van der Waals surface area contributed by atoms with Gasteiger partial charge in [-0.3, -0.25) is 0 Å². The monoisotopic (exact) mass is 600 g/mol. The number of halogens is 6. The van der Waals surface area contributed by atoms with Crippen LogP contribution in [0.1, 0.15) is 0 Å². The van der Waals surface area contributed by atoms with Crippen LogP contribution in [0.2, 0.25) is 0 Å². The van der Waals surface area contributed by atoms with Gasteiger partial charge < -0.3 is 24.0 Å². The van der Waals surface area contributed by atoms with Crippen LogP contribution >= 0.6 is 0 Å². The number of hydrogen-bond donors (Lipinski definition) is 0. The van der Waals surface area contributed by atoms with Gasteiger partial charge in [0, 0.05) is 0 Å². The first kappa shape index (κ1) is 38.9. The van der Waals surface area contributed by atoms with E-state index in [1.54, 1.807) is 0 Å². The molecule has 0 unspecified atom stereocenters. The quantitative estimate of drug-likeness (QED) is 0.394. The fourth-order valence-corrected chi connectivity index (χ4v) is 14.4. The van der Waals surface area contributed by atoms with E-state index < -0.39 is 42.1 Å². The Kier molecular flexibility index (Phi) is 29.3. The Morgan fingerprint density at radius 1 is 0.480 bits per heavy atom. The van der Waals surface area contributed by atoms with Crippen molar-refractivity contribution in [3.63, 3.8) is 0 Å². The van der Waals surface area contributed by atoms with Crippen LogP contribution in [0.3, 0.4) is 0 Å². The Balaban J connectivity index is -0.0000000768. The van der Waals surface area contributed by atoms with Gasteiger partial charge in [0.05, 0.1) is 0 Å². The van der Waals surface area contributed by atoms with E-state index in [1.165, 1.54) is 0 Å².